The van der Waals surface area contributed by atoms with Crippen LogP contribution in [-0.4, -0.2) is 12.4 Å². The average Bonchev–Trinajstić information content (AvgIpc) is 2.30. The molecule has 0 spiro atoms. The number of dihydropyridines is 1. The van der Waals surface area contributed by atoms with E-state index in [2.05, 4.69) is 5.32 Å². The molecule has 0 amide bonds. The molecule has 0 aliphatic carbocycles. The second-order valence-corrected chi connectivity index (χ2v) is 4.30. The number of hydrogen-bond acceptors (Lipinski definition) is 3. The molecule has 1 atom stereocenters. The van der Waals surface area contributed by atoms with Crippen molar-refractivity contribution in [1.29, 1.82) is 0 Å². The van der Waals surface area contributed by atoms with E-state index in [1.165, 1.54) is 0 Å². The first-order valence-electron chi connectivity index (χ1n) is 5.29. The van der Waals surface area contributed by atoms with E-state index in [4.69, 9.17) is 22.1 Å². The molecule has 1 aliphatic rings. The van der Waals surface area contributed by atoms with Crippen LogP contribution in [0.1, 0.15) is 0 Å². The van der Waals surface area contributed by atoms with Gasteiger partial charge in [-0.25, -0.2) is 0 Å². The molecule has 1 unspecified atom stereocenters. The van der Waals surface area contributed by atoms with Crippen molar-refractivity contribution >= 4 is 17.3 Å². The van der Waals surface area contributed by atoms with Gasteiger partial charge in [-0.2, -0.15) is 13.2 Å². The molecule has 7 heteroatoms. The number of hydrogen-bond donors (Lipinski definition) is 2. The Morgan fingerprint density at radius 1 is 1.32 bits per heavy atom. The van der Waals surface area contributed by atoms with Gasteiger partial charge in [0.15, 0.2) is 0 Å². The molecule has 3 N–H and O–H groups in total. The van der Waals surface area contributed by atoms with Crippen LogP contribution in [0.15, 0.2) is 47.1 Å². The number of anilines is 1. The average molecular weight is 291 g/mol. The Balaban J connectivity index is 2.10. The van der Waals surface area contributed by atoms with Crippen LogP contribution in [0.25, 0.3) is 0 Å². The zero-order valence-corrected chi connectivity index (χ0v) is 10.3. The second-order valence-electron chi connectivity index (χ2n) is 3.86. The van der Waals surface area contributed by atoms with E-state index >= 15 is 0 Å². The van der Waals surface area contributed by atoms with E-state index in [0.29, 0.717) is 11.4 Å². The molecule has 0 saturated carbocycles. The van der Waals surface area contributed by atoms with Gasteiger partial charge in [-0.1, -0.05) is 17.7 Å². The highest BCUT2D eigenvalue weighted by molar-refractivity contribution is 6.30. The number of halogens is 4. The van der Waals surface area contributed by atoms with Gasteiger partial charge in [-0.15, -0.1) is 0 Å². The number of rotatable bonds is 2. The van der Waals surface area contributed by atoms with E-state index in [9.17, 15) is 13.2 Å². The van der Waals surface area contributed by atoms with Gasteiger partial charge >= 0.3 is 6.18 Å². The maximum atomic E-state index is 12.5. The minimum absolute atomic E-state index is 0.0859. The largest absolute Gasteiger partial charge is 0.465 e. The highest BCUT2D eigenvalue weighted by Crippen LogP contribution is 2.31. The van der Waals surface area contributed by atoms with E-state index < -0.39 is 18.0 Å². The third-order valence-corrected chi connectivity index (χ3v) is 2.68. The highest BCUT2D eigenvalue weighted by atomic mass is 35.5. The van der Waals surface area contributed by atoms with Crippen molar-refractivity contribution < 1.29 is 17.9 Å². The number of nitrogen functional groups attached to an aromatic ring is 1. The zero-order chi connectivity index (χ0) is 14.0. The lowest BCUT2D eigenvalue weighted by Crippen LogP contribution is -2.35. The van der Waals surface area contributed by atoms with Crippen molar-refractivity contribution in [2.45, 2.75) is 12.4 Å². The molecule has 1 heterocycles. The fourth-order valence-electron chi connectivity index (χ4n) is 1.49. The topological polar surface area (TPSA) is 47.3 Å². The number of alkyl halides is 3. The van der Waals surface area contributed by atoms with Crippen molar-refractivity contribution in [1.82, 2.24) is 5.32 Å². The van der Waals surface area contributed by atoms with Gasteiger partial charge in [-0.3, -0.25) is 0 Å². The number of allylic oxidation sites excluding steroid dienone is 2. The first-order chi connectivity index (χ1) is 8.86. The molecule has 0 radical (unpaired) electrons. The number of benzene rings is 1. The lowest BCUT2D eigenvalue weighted by atomic mass is 10.2. The summed E-state index contributed by atoms with van der Waals surface area (Å²) in [6, 6.07) is 6.52. The van der Waals surface area contributed by atoms with E-state index in [0.717, 1.165) is 12.3 Å². The van der Waals surface area contributed by atoms with Gasteiger partial charge in [0.05, 0.1) is 10.6 Å². The molecular formula is C12H10ClF3N2O. The molecule has 102 valence electrons. The summed E-state index contributed by atoms with van der Waals surface area (Å²) in [5.41, 5.74) is 5.20. The minimum atomic E-state index is -4.45. The summed E-state index contributed by atoms with van der Waals surface area (Å²) >= 11 is 5.77. The third-order valence-electron chi connectivity index (χ3n) is 2.37. The summed E-state index contributed by atoms with van der Waals surface area (Å²) in [7, 11) is 0. The van der Waals surface area contributed by atoms with Gasteiger partial charge < -0.3 is 15.8 Å². The van der Waals surface area contributed by atoms with Crippen molar-refractivity contribution in [2.24, 2.45) is 0 Å². The van der Waals surface area contributed by atoms with E-state index in [-0.39, 0.29) is 5.03 Å². The Hall–Kier alpha value is -1.82. The molecule has 19 heavy (non-hydrogen) atoms. The Bertz CT molecular complexity index is 540. The highest BCUT2D eigenvalue weighted by Gasteiger charge is 2.35. The SMILES string of the molecule is Nc1cccc(OC2NC=C(C(F)(F)F)C=C2Cl)c1. The van der Waals surface area contributed by atoms with Crippen LogP contribution in [0, 0.1) is 0 Å². The van der Waals surface area contributed by atoms with Crippen LogP contribution in [0.5, 0.6) is 5.75 Å². The molecule has 0 bridgehead atoms. The van der Waals surface area contributed by atoms with Crippen LogP contribution in [0.3, 0.4) is 0 Å². The fourth-order valence-corrected chi connectivity index (χ4v) is 1.71. The first-order valence-corrected chi connectivity index (χ1v) is 5.67. The van der Waals surface area contributed by atoms with Crippen LogP contribution in [0.4, 0.5) is 18.9 Å². The lowest BCUT2D eigenvalue weighted by molar-refractivity contribution is -0.0891. The van der Waals surface area contributed by atoms with Crippen molar-refractivity contribution in [2.75, 3.05) is 5.73 Å². The molecule has 2 rings (SSSR count). The Morgan fingerprint density at radius 3 is 2.63 bits per heavy atom. The molecule has 1 aromatic rings. The Morgan fingerprint density at radius 2 is 2.05 bits per heavy atom. The number of nitrogens with one attached hydrogen (secondary N) is 1. The Kier molecular flexibility index (Phi) is 3.61. The van der Waals surface area contributed by atoms with Gasteiger partial charge in [0.25, 0.3) is 0 Å². The molecular weight excluding hydrogens is 281 g/mol. The standard InChI is InChI=1S/C12H10ClF3N2O/c13-10-4-7(12(14,15)16)6-18-11(10)19-9-3-1-2-8(17)5-9/h1-6,11,18H,17H2. The normalized spacial score (nSPS) is 19.3. The van der Waals surface area contributed by atoms with E-state index in [1.54, 1.807) is 24.3 Å². The quantitative estimate of drug-likeness (QED) is 0.823. The van der Waals surface area contributed by atoms with Crippen molar-refractivity contribution in [3.8, 4) is 5.75 Å². The maximum absolute atomic E-state index is 12.5. The van der Waals surface area contributed by atoms with Gasteiger partial charge in [0.2, 0.25) is 6.23 Å². The molecule has 1 aliphatic heterocycles. The lowest BCUT2D eigenvalue weighted by Gasteiger charge is -2.24. The maximum Gasteiger partial charge on any atom is 0.417 e. The van der Waals surface area contributed by atoms with Crippen LogP contribution >= 0.6 is 11.6 Å². The summed E-state index contributed by atoms with van der Waals surface area (Å²) in [6.07, 6.45) is -3.66. The number of nitrogens with two attached hydrogens (primary N) is 1. The minimum Gasteiger partial charge on any atom is -0.465 e. The predicted octanol–water partition coefficient (Wildman–Crippen LogP) is 3.15. The second kappa shape index (κ2) is 5.05. The molecule has 0 fully saturated rings. The van der Waals surface area contributed by atoms with Gasteiger partial charge in [0, 0.05) is 18.0 Å². The Labute approximate surface area is 112 Å². The summed E-state index contributed by atoms with van der Waals surface area (Å²) in [5, 5.41) is 2.36. The van der Waals surface area contributed by atoms with Gasteiger partial charge in [-0.05, 0) is 18.2 Å². The van der Waals surface area contributed by atoms with Crippen molar-refractivity contribution in [3.05, 3.63) is 47.1 Å². The zero-order valence-electron chi connectivity index (χ0n) is 9.54. The fraction of sp³-hybridized carbons (Fsp3) is 0.167. The third kappa shape index (κ3) is 3.35. The first kappa shape index (κ1) is 13.6. The van der Waals surface area contributed by atoms with E-state index in [1.807, 2.05) is 0 Å². The predicted molar refractivity (Wildman–Crippen MR) is 66.5 cm³/mol. The summed E-state index contributed by atoms with van der Waals surface area (Å²) in [5.74, 6) is 0.410. The van der Waals surface area contributed by atoms with Gasteiger partial charge in [0.1, 0.15) is 5.75 Å². The van der Waals surface area contributed by atoms with Crippen LogP contribution in [0.2, 0.25) is 0 Å². The monoisotopic (exact) mass is 290 g/mol. The van der Waals surface area contributed by atoms with Crippen LogP contribution < -0.4 is 15.8 Å². The number of ether oxygens (including phenoxy) is 1. The molecule has 0 saturated heterocycles. The summed E-state index contributed by atoms with van der Waals surface area (Å²) < 4.78 is 42.8. The smallest absolute Gasteiger partial charge is 0.417 e. The van der Waals surface area contributed by atoms with Crippen molar-refractivity contribution in [3.63, 3.8) is 0 Å². The molecule has 3 nitrogen and oxygen atoms in total. The summed E-state index contributed by atoms with van der Waals surface area (Å²) in [4.78, 5) is 0. The van der Waals surface area contributed by atoms with Crippen LogP contribution in [-0.2, 0) is 0 Å². The molecule has 0 aromatic heterocycles. The molecule has 1 aromatic carbocycles. The summed E-state index contributed by atoms with van der Waals surface area (Å²) in [6.45, 7) is 0.